The van der Waals surface area contributed by atoms with E-state index in [0.717, 1.165) is 40.0 Å². The zero-order valence-corrected chi connectivity index (χ0v) is 15.6. The Morgan fingerprint density at radius 3 is 2.96 bits per heavy atom. The van der Waals surface area contributed by atoms with Crippen LogP contribution in [0, 0.1) is 0 Å². The molecule has 28 heavy (non-hydrogen) atoms. The lowest BCUT2D eigenvalue weighted by molar-refractivity contribution is 0.0634. The average molecular weight is 377 g/mol. The van der Waals surface area contributed by atoms with Gasteiger partial charge in [-0.15, -0.1) is 0 Å². The van der Waals surface area contributed by atoms with Crippen LogP contribution < -0.4 is 16.0 Å². The molecule has 0 spiro atoms. The summed E-state index contributed by atoms with van der Waals surface area (Å²) in [5.41, 5.74) is 11.3. The molecule has 7 heteroatoms. The molecule has 0 saturated carbocycles. The number of carbonyl (C=O) groups is 1. The SMILES string of the molecule is CN1c2ccccc2C(=O)N2CCc3c([nH]c4ccc(NC(O)CN)cc34)C21. The highest BCUT2D eigenvalue weighted by Gasteiger charge is 2.41. The number of anilines is 2. The van der Waals surface area contributed by atoms with Crippen LogP contribution in [0.25, 0.3) is 10.9 Å². The first-order valence-electron chi connectivity index (χ1n) is 9.50. The maximum Gasteiger partial charge on any atom is 0.257 e. The minimum Gasteiger partial charge on any atom is -0.372 e. The minimum absolute atomic E-state index is 0.0800. The lowest BCUT2D eigenvalue weighted by atomic mass is 9.96. The third-order valence-corrected chi connectivity index (χ3v) is 5.79. The molecule has 2 unspecified atom stereocenters. The van der Waals surface area contributed by atoms with Crippen molar-refractivity contribution in [3.8, 4) is 0 Å². The van der Waals surface area contributed by atoms with Crippen LogP contribution in [-0.4, -0.2) is 47.3 Å². The molecule has 144 valence electrons. The molecular formula is C21H23N5O2. The topological polar surface area (TPSA) is 97.6 Å². The monoisotopic (exact) mass is 377 g/mol. The number of aliphatic hydroxyl groups excluding tert-OH is 1. The Morgan fingerprint density at radius 1 is 1.32 bits per heavy atom. The third-order valence-electron chi connectivity index (χ3n) is 5.79. The van der Waals surface area contributed by atoms with Crippen molar-refractivity contribution < 1.29 is 9.90 Å². The molecule has 2 aromatic carbocycles. The molecule has 0 radical (unpaired) electrons. The first-order chi connectivity index (χ1) is 13.6. The van der Waals surface area contributed by atoms with Crippen molar-refractivity contribution in [3.63, 3.8) is 0 Å². The molecule has 0 bridgehead atoms. The smallest absolute Gasteiger partial charge is 0.257 e. The number of H-pyrrole nitrogens is 1. The maximum atomic E-state index is 13.1. The van der Waals surface area contributed by atoms with Gasteiger partial charge in [-0.25, -0.2) is 0 Å². The van der Waals surface area contributed by atoms with Gasteiger partial charge in [-0.2, -0.15) is 0 Å². The van der Waals surface area contributed by atoms with E-state index in [4.69, 9.17) is 5.73 Å². The lowest BCUT2D eigenvalue weighted by Gasteiger charge is -2.46. The van der Waals surface area contributed by atoms with Crippen LogP contribution >= 0.6 is 0 Å². The summed E-state index contributed by atoms with van der Waals surface area (Å²) >= 11 is 0. The van der Waals surface area contributed by atoms with Crippen molar-refractivity contribution in [1.29, 1.82) is 0 Å². The number of hydrogen-bond donors (Lipinski definition) is 4. The van der Waals surface area contributed by atoms with Gasteiger partial charge >= 0.3 is 0 Å². The summed E-state index contributed by atoms with van der Waals surface area (Å²) in [6.07, 6.45) is -0.137. The molecule has 1 amide bonds. The third kappa shape index (κ3) is 2.40. The van der Waals surface area contributed by atoms with E-state index in [9.17, 15) is 9.90 Å². The Kier molecular flexibility index (Phi) is 3.82. The predicted octanol–water partition coefficient (Wildman–Crippen LogP) is 2.00. The van der Waals surface area contributed by atoms with Crippen LogP contribution in [0.3, 0.4) is 0 Å². The summed E-state index contributed by atoms with van der Waals surface area (Å²) in [6.45, 7) is 0.817. The number of rotatable bonds is 3. The van der Waals surface area contributed by atoms with Crippen LogP contribution in [-0.2, 0) is 6.42 Å². The Morgan fingerprint density at radius 2 is 2.14 bits per heavy atom. The summed E-state index contributed by atoms with van der Waals surface area (Å²) in [5.74, 6) is 0.0800. The molecular weight excluding hydrogens is 354 g/mol. The van der Waals surface area contributed by atoms with E-state index in [0.29, 0.717) is 6.54 Å². The molecule has 7 nitrogen and oxygen atoms in total. The number of amides is 1. The van der Waals surface area contributed by atoms with Gasteiger partial charge in [-0.1, -0.05) is 12.1 Å². The number of hydrogen-bond acceptors (Lipinski definition) is 5. The van der Waals surface area contributed by atoms with E-state index in [2.05, 4.69) is 15.2 Å². The van der Waals surface area contributed by atoms with Crippen LogP contribution in [0.5, 0.6) is 0 Å². The number of aromatic nitrogens is 1. The van der Waals surface area contributed by atoms with Crippen molar-refractivity contribution in [1.82, 2.24) is 9.88 Å². The summed E-state index contributed by atoms with van der Waals surface area (Å²) < 4.78 is 0. The molecule has 0 aliphatic carbocycles. The van der Waals surface area contributed by atoms with Crippen molar-refractivity contribution in [2.45, 2.75) is 18.8 Å². The molecule has 5 rings (SSSR count). The van der Waals surface area contributed by atoms with E-state index in [-0.39, 0.29) is 18.6 Å². The fourth-order valence-corrected chi connectivity index (χ4v) is 4.47. The first kappa shape index (κ1) is 17.1. The molecule has 5 N–H and O–H groups in total. The number of para-hydroxylation sites is 1. The number of nitrogens with zero attached hydrogens (tertiary/aromatic N) is 2. The van der Waals surface area contributed by atoms with Crippen molar-refractivity contribution >= 4 is 28.2 Å². The van der Waals surface area contributed by atoms with Gasteiger partial charge in [-0.3, -0.25) is 4.79 Å². The van der Waals surface area contributed by atoms with E-state index in [1.165, 1.54) is 5.56 Å². The fourth-order valence-electron chi connectivity index (χ4n) is 4.47. The van der Waals surface area contributed by atoms with Gasteiger partial charge in [0, 0.05) is 36.7 Å². The Balaban J connectivity index is 1.61. The Bertz CT molecular complexity index is 1080. The van der Waals surface area contributed by atoms with E-state index in [1.54, 1.807) is 0 Å². The first-order valence-corrected chi connectivity index (χ1v) is 9.50. The average Bonchev–Trinajstić information content (AvgIpc) is 3.09. The second kappa shape index (κ2) is 6.25. The normalized spacial score (nSPS) is 19.2. The van der Waals surface area contributed by atoms with Gasteiger partial charge in [-0.05, 0) is 42.3 Å². The fraction of sp³-hybridized carbons (Fsp3) is 0.286. The zero-order chi connectivity index (χ0) is 19.4. The van der Waals surface area contributed by atoms with Crippen molar-refractivity contribution in [3.05, 3.63) is 59.3 Å². The second-order valence-corrected chi connectivity index (χ2v) is 7.42. The highest BCUT2D eigenvalue weighted by atomic mass is 16.3. The number of benzene rings is 2. The zero-order valence-electron chi connectivity index (χ0n) is 15.6. The largest absolute Gasteiger partial charge is 0.372 e. The van der Waals surface area contributed by atoms with Crippen LogP contribution in [0.1, 0.15) is 27.8 Å². The number of aromatic amines is 1. The molecule has 1 aromatic heterocycles. The molecule has 3 aromatic rings. The van der Waals surface area contributed by atoms with Gasteiger partial charge in [0.15, 0.2) is 0 Å². The molecule has 2 aliphatic rings. The highest BCUT2D eigenvalue weighted by molar-refractivity contribution is 6.02. The van der Waals surface area contributed by atoms with E-state index in [1.807, 2.05) is 54.4 Å². The van der Waals surface area contributed by atoms with Crippen molar-refractivity contribution in [2.75, 3.05) is 30.4 Å². The van der Waals surface area contributed by atoms with E-state index >= 15 is 0 Å². The summed E-state index contributed by atoms with van der Waals surface area (Å²) in [5, 5.41) is 13.9. The highest BCUT2D eigenvalue weighted by Crippen LogP contribution is 2.43. The van der Waals surface area contributed by atoms with Crippen LogP contribution in [0.2, 0.25) is 0 Å². The summed E-state index contributed by atoms with van der Waals surface area (Å²) in [6, 6.07) is 13.7. The Labute approximate surface area is 162 Å². The van der Waals surface area contributed by atoms with Gasteiger partial charge < -0.3 is 30.9 Å². The number of nitrogens with two attached hydrogens (primary N) is 1. The minimum atomic E-state index is -0.777. The van der Waals surface area contributed by atoms with Crippen LogP contribution in [0.4, 0.5) is 11.4 Å². The predicted molar refractivity (Wildman–Crippen MR) is 109 cm³/mol. The quantitative estimate of drug-likeness (QED) is 0.524. The van der Waals surface area contributed by atoms with Crippen LogP contribution in [0.15, 0.2) is 42.5 Å². The second-order valence-electron chi connectivity index (χ2n) is 7.42. The Hall–Kier alpha value is -3.03. The van der Waals surface area contributed by atoms with E-state index < -0.39 is 6.23 Å². The lowest BCUT2D eigenvalue weighted by Crippen LogP contribution is -2.51. The van der Waals surface area contributed by atoms with Gasteiger partial charge in [0.1, 0.15) is 12.4 Å². The van der Waals surface area contributed by atoms with Crippen molar-refractivity contribution in [2.24, 2.45) is 5.73 Å². The molecule has 0 fully saturated rings. The molecule has 0 saturated heterocycles. The van der Waals surface area contributed by atoms with Gasteiger partial charge in [0.05, 0.1) is 16.9 Å². The maximum absolute atomic E-state index is 13.1. The number of fused-ring (bicyclic) bond motifs is 6. The standard InChI is InChI=1S/C21H23N5O2/c1-25-17-5-3-2-4-14(17)21(28)26-9-8-13-15-10-12(23-18(27)11-22)6-7-16(15)24-19(13)20(25)26/h2-7,10,18,20,23-24,27H,8-9,11,22H2,1H3. The number of nitrogens with one attached hydrogen (secondary N) is 2. The van der Waals surface area contributed by atoms with Gasteiger partial charge in [0.2, 0.25) is 0 Å². The molecule has 2 aliphatic heterocycles. The van der Waals surface area contributed by atoms with Gasteiger partial charge in [0.25, 0.3) is 5.91 Å². The number of carbonyl (C=O) groups excluding carboxylic acids is 1. The molecule has 2 atom stereocenters. The summed E-state index contributed by atoms with van der Waals surface area (Å²) in [7, 11) is 2.04. The molecule has 3 heterocycles. The number of aliphatic hydroxyl groups is 1. The summed E-state index contributed by atoms with van der Waals surface area (Å²) in [4.78, 5) is 20.7.